The van der Waals surface area contributed by atoms with Crippen molar-refractivity contribution in [1.82, 2.24) is 19.5 Å². The molecule has 5 rings (SSSR count). The van der Waals surface area contributed by atoms with Crippen molar-refractivity contribution >= 4 is 24.7 Å². The maximum Gasteiger partial charge on any atom is 0.519 e. The number of H-pyrrole nitrogens is 1. The number of imidazole rings is 1. The molecule has 0 radical (unpaired) electrons. The van der Waals surface area contributed by atoms with Crippen LogP contribution in [0.1, 0.15) is 48.7 Å². The summed E-state index contributed by atoms with van der Waals surface area (Å²) in [5.41, 5.74) is 6.46. The van der Waals surface area contributed by atoms with Gasteiger partial charge in [-0.3, -0.25) is 18.9 Å². The first-order chi connectivity index (χ1) is 18.4. The minimum atomic E-state index is -3.80. The Morgan fingerprint density at radius 1 is 1.11 bits per heavy atom. The van der Waals surface area contributed by atoms with Crippen LogP contribution >= 0.6 is 7.60 Å². The van der Waals surface area contributed by atoms with E-state index in [0.717, 1.165) is 31.2 Å². The molecule has 1 aliphatic carbocycles. The average Bonchev–Trinajstić information content (AvgIpc) is 3.65. The van der Waals surface area contributed by atoms with E-state index in [9.17, 15) is 14.2 Å². The van der Waals surface area contributed by atoms with Crippen molar-refractivity contribution in [3.63, 3.8) is 0 Å². The number of nitrogens with two attached hydrogens (primary N) is 1. The molecule has 1 fully saturated rings. The quantitative estimate of drug-likeness (QED) is 0.197. The van der Waals surface area contributed by atoms with E-state index in [-0.39, 0.29) is 55.9 Å². The monoisotopic (exact) mass is 545 g/mol. The molecular formula is C24H28N5O8P. The lowest BCUT2D eigenvalue weighted by Gasteiger charge is -2.19. The molecular weight excluding hydrogens is 517 g/mol. The highest BCUT2D eigenvalue weighted by molar-refractivity contribution is 7.53. The third-order valence-electron chi connectivity index (χ3n) is 6.28. The summed E-state index contributed by atoms with van der Waals surface area (Å²) in [6, 6.07) is 9.23. The van der Waals surface area contributed by atoms with E-state index in [0.29, 0.717) is 11.4 Å². The molecule has 1 aromatic carbocycles. The fourth-order valence-corrected chi connectivity index (χ4v) is 5.64. The zero-order chi connectivity index (χ0) is 26.5. The molecule has 4 aromatic rings. The van der Waals surface area contributed by atoms with Gasteiger partial charge in [-0.15, -0.1) is 0 Å². The molecule has 1 saturated carbocycles. The van der Waals surface area contributed by atoms with Crippen LogP contribution in [0.15, 0.2) is 55.1 Å². The van der Waals surface area contributed by atoms with E-state index < -0.39 is 19.0 Å². The van der Waals surface area contributed by atoms with Crippen LogP contribution in [0, 0.1) is 0 Å². The number of fused-ring (bicyclic) bond motifs is 1. The topological polar surface area (TPSA) is 178 Å². The number of aromatic amines is 1. The number of hydrogen-bond donors (Lipinski definition) is 2. The number of nitrogens with one attached hydrogen (secondary N) is 1. The van der Waals surface area contributed by atoms with Crippen molar-refractivity contribution in [3.05, 3.63) is 74.7 Å². The Bertz CT molecular complexity index is 1540. The van der Waals surface area contributed by atoms with E-state index in [2.05, 4.69) is 15.0 Å². The molecule has 202 valence electrons. The summed E-state index contributed by atoms with van der Waals surface area (Å²) >= 11 is 0. The molecule has 1 atom stereocenters. The SMILES string of the molecule is Nc1nc2c(ncn2CCOCP(=O)(OCc2ccccc2)OCc2oc(=O)oc2C2CCCC2)c(=O)[nH]1. The fraction of sp³-hybridized carbons (Fsp3) is 0.417. The van der Waals surface area contributed by atoms with Crippen LogP contribution in [-0.2, 0) is 38.1 Å². The van der Waals surface area contributed by atoms with Gasteiger partial charge in [-0.1, -0.05) is 43.2 Å². The highest BCUT2D eigenvalue weighted by atomic mass is 31.2. The lowest BCUT2D eigenvalue weighted by Crippen LogP contribution is -2.13. The smallest absolute Gasteiger partial charge is 0.395 e. The van der Waals surface area contributed by atoms with Crippen LogP contribution in [0.2, 0.25) is 0 Å². The van der Waals surface area contributed by atoms with Gasteiger partial charge in [0.1, 0.15) is 13.0 Å². The second-order valence-electron chi connectivity index (χ2n) is 8.97. The molecule has 38 heavy (non-hydrogen) atoms. The molecule has 1 unspecified atom stereocenters. The Kier molecular flexibility index (Phi) is 7.89. The van der Waals surface area contributed by atoms with Crippen LogP contribution < -0.4 is 17.1 Å². The van der Waals surface area contributed by atoms with Gasteiger partial charge in [0, 0.05) is 12.5 Å². The highest BCUT2D eigenvalue weighted by Crippen LogP contribution is 2.50. The van der Waals surface area contributed by atoms with Gasteiger partial charge in [0.05, 0.1) is 19.5 Å². The maximum absolute atomic E-state index is 13.6. The number of nitrogens with zero attached hydrogens (tertiary/aromatic N) is 3. The highest BCUT2D eigenvalue weighted by Gasteiger charge is 2.30. The Morgan fingerprint density at radius 3 is 2.66 bits per heavy atom. The molecule has 0 amide bonds. The van der Waals surface area contributed by atoms with Crippen LogP contribution in [0.25, 0.3) is 11.2 Å². The van der Waals surface area contributed by atoms with Crippen LogP contribution in [-0.4, -0.2) is 32.5 Å². The zero-order valence-electron chi connectivity index (χ0n) is 20.5. The zero-order valence-corrected chi connectivity index (χ0v) is 21.4. The predicted molar refractivity (Wildman–Crippen MR) is 135 cm³/mol. The lowest BCUT2D eigenvalue weighted by molar-refractivity contribution is 0.114. The van der Waals surface area contributed by atoms with E-state index >= 15 is 0 Å². The summed E-state index contributed by atoms with van der Waals surface area (Å²) in [5.74, 6) is -0.121. The van der Waals surface area contributed by atoms with Crippen molar-refractivity contribution in [1.29, 1.82) is 0 Å². The molecule has 3 aromatic heterocycles. The van der Waals surface area contributed by atoms with Gasteiger partial charge in [-0.2, -0.15) is 4.98 Å². The first-order valence-corrected chi connectivity index (χ1v) is 14.0. The predicted octanol–water partition coefficient (Wildman–Crippen LogP) is 3.51. The second-order valence-corrected chi connectivity index (χ2v) is 11.0. The van der Waals surface area contributed by atoms with Gasteiger partial charge in [-0.25, -0.2) is 9.78 Å². The van der Waals surface area contributed by atoms with Crippen LogP contribution in [0.3, 0.4) is 0 Å². The summed E-state index contributed by atoms with van der Waals surface area (Å²) in [6.45, 7) is 0.124. The Hall–Kier alpha value is -3.51. The Morgan fingerprint density at radius 2 is 1.87 bits per heavy atom. The summed E-state index contributed by atoms with van der Waals surface area (Å²) in [7, 11) is -3.80. The van der Waals surface area contributed by atoms with Gasteiger partial charge in [-0.05, 0) is 18.4 Å². The maximum atomic E-state index is 13.6. The molecule has 0 aliphatic heterocycles. The van der Waals surface area contributed by atoms with Crippen molar-refractivity contribution < 1.29 is 27.2 Å². The van der Waals surface area contributed by atoms with Gasteiger partial charge in [0.2, 0.25) is 5.95 Å². The standard InChI is InChI=1S/C24H28N5O8P/c25-23-27-21-19(22(30)28-23)26-14-29(21)10-11-33-15-38(32,34-12-16-6-2-1-3-7-16)35-13-18-20(37-24(31)36-18)17-8-4-5-9-17/h1-3,6-7,14,17H,4-5,8-13,15H2,(H3,25,27,28,30). The summed E-state index contributed by atoms with van der Waals surface area (Å²) in [6.07, 6.45) is 4.93. The Balaban J connectivity index is 1.25. The minimum absolute atomic E-state index is 0.0275. The molecule has 13 nitrogen and oxygen atoms in total. The molecule has 0 bridgehead atoms. The third-order valence-corrected chi connectivity index (χ3v) is 7.83. The fourth-order valence-electron chi connectivity index (χ4n) is 4.41. The second kappa shape index (κ2) is 11.5. The number of nitrogen functional groups attached to an aromatic ring is 1. The van der Waals surface area contributed by atoms with E-state index in [4.69, 9.17) is 28.4 Å². The van der Waals surface area contributed by atoms with E-state index in [1.54, 1.807) is 4.57 Å². The average molecular weight is 545 g/mol. The first-order valence-electron chi connectivity index (χ1n) is 12.2. The van der Waals surface area contributed by atoms with Gasteiger partial charge < -0.3 is 28.4 Å². The molecule has 3 heterocycles. The number of benzene rings is 1. The van der Waals surface area contributed by atoms with Crippen LogP contribution in [0.5, 0.6) is 0 Å². The first kappa shape index (κ1) is 26.1. The number of rotatable bonds is 12. The number of anilines is 1. The molecule has 3 N–H and O–H groups in total. The van der Waals surface area contributed by atoms with Crippen molar-refractivity contribution in [2.45, 2.75) is 51.4 Å². The number of aromatic nitrogens is 4. The molecule has 14 heteroatoms. The normalized spacial score (nSPS) is 15.8. The largest absolute Gasteiger partial charge is 0.519 e. The molecule has 1 aliphatic rings. The van der Waals surface area contributed by atoms with Crippen LogP contribution in [0.4, 0.5) is 5.95 Å². The lowest BCUT2D eigenvalue weighted by atomic mass is 10.0. The summed E-state index contributed by atoms with van der Waals surface area (Å²) < 4.78 is 42.8. The number of hydrogen-bond acceptors (Lipinski definition) is 11. The van der Waals surface area contributed by atoms with E-state index in [1.807, 2.05) is 30.3 Å². The molecule has 0 saturated heterocycles. The molecule has 0 spiro atoms. The Labute approximate surface area is 216 Å². The van der Waals surface area contributed by atoms with Gasteiger partial charge in [0.15, 0.2) is 22.7 Å². The van der Waals surface area contributed by atoms with Crippen molar-refractivity contribution in [2.75, 3.05) is 18.7 Å². The third kappa shape index (κ3) is 6.13. The van der Waals surface area contributed by atoms with Crippen molar-refractivity contribution in [3.8, 4) is 0 Å². The van der Waals surface area contributed by atoms with E-state index in [1.165, 1.54) is 6.33 Å². The number of ether oxygens (including phenoxy) is 1. The summed E-state index contributed by atoms with van der Waals surface area (Å²) in [5, 5.41) is 0. The van der Waals surface area contributed by atoms with Gasteiger partial charge >= 0.3 is 13.4 Å². The summed E-state index contributed by atoms with van der Waals surface area (Å²) in [4.78, 5) is 34.3. The van der Waals surface area contributed by atoms with Crippen molar-refractivity contribution in [2.24, 2.45) is 0 Å². The van der Waals surface area contributed by atoms with Gasteiger partial charge in [0.25, 0.3) is 5.56 Å². The minimum Gasteiger partial charge on any atom is -0.395 e.